The van der Waals surface area contributed by atoms with Gasteiger partial charge in [0.1, 0.15) is 11.9 Å². The van der Waals surface area contributed by atoms with E-state index in [1.807, 2.05) is 31.2 Å². The van der Waals surface area contributed by atoms with Gasteiger partial charge in [0.15, 0.2) is 5.03 Å². The third kappa shape index (κ3) is 4.14. The van der Waals surface area contributed by atoms with Gasteiger partial charge in [0, 0.05) is 32.5 Å². The maximum absolute atomic E-state index is 12.8. The first kappa shape index (κ1) is 19.5. The van der Waals surface area contributed by atoms with Gasteiger partial charge in [-0.3, -0.25) is 4.98 Å². The zero-order chi connectivity index (χ0) is 20.4. The minimum Gasteiger partial charge on any atom is -0.369 e. The predicted octanol–water partition coefficient (Wildman–Crippen LogP) is 2.02. The summed E-state index contributed by atoms with van der Waals surface area (Å²) in [5.41, 5.74) is 2.50. The first-order valence-electron chi connectivity index (χ1n) is 9.18. The molecule has 9 nitrogen and oxygen atoms in total. The lowest BCUT2D eigenvalue weighted by atomic mass is 10.2. The molecule has 1 saturated heterocycles. The largest absolute Gasteiger partial charge is 0.369 e. The molecule has 0 unspecified atom stereocenters. The fourth-order valence-corrected chi connectivity index (χ4v) is 4.49. The van der Waals surface area contributed by atoms with Crippen LogP contribution in [0.1, 0.15) is 17.4 Å². The topological polar surface area (TPSA) is 102 Å². The first-order valence-corrected chi connectivity index (χ1v) is 10.6. The first-order chi connectivity index (χ1) is 13.9. The SMILES string of the molecule is Cc1cccnc1Nc1ccc([C@H]2CN(S(=O)(=O)c3cn(C)cn3)CCO2)nc1. The molecule has 10 heteroatoms. The molecule has 4 rings (SSSR count). The maximum Gasteiger partial charge on any atom is 0.262 e. The van der Waals surface area contributed by atoms with Crippen LogP contribution in [0.4, 0.5) is 11.5 Å². The monoisotopic (exact) mass is 414 g/mol. The quantitative estimate of drug-likeness (QED) is 0.681. The van der Waals surface area contributed by atoms with Crippen molar-refractivity contribution in [1.82, 2.24) is 23.8 Å². The highest BCUT2D eigenvalue weighted by atomic mass is 32.2. The molecule has 0 radical (unpaired) electrons. The van der Waals surface area contributed by atoms with Crippen LogP contribution in [-0.2, 0) is 21.8 Å². The van der Waals surface area contributed by atoms with Crippen molar-refractivity contribution in [3.63, 3.8) is 0 Å². The summed E-state index contributed by atoms with van der Waals surface area (Å²) in [5.74, 6) is 0.767. The number of aryl methyl sites for hydroxylation is 2. The highest BCUT2D eigenvalue weighted by Gasteiger charge is 2.33. The van der Waals surface area contributed by atoms with Gasteiger partial charge in [-0.15, -0.1) is 0 Å². The summed E-state index contributed by atoms with van der Waals surface area (Å²) in [6.45, 7) is 2.75. The van der Waals surface area contributed by atoms with Crippen LogP contribution < -0.4 is 5.32 Å². The van der Waals surface area contributed by atoms with Crippen molar-refractivity contribution in [2.45, 2.75) is 18.1 Å². The molecule has 1 aliphatic heterocycles. The van der Waals surface area contributed by atoms with E-state index < -0.39 is 16.1 Å². The Morgan fingerprint density at radius 1 is 1.21 bits per heavy atom. The molecule has 0 saturated carbocycles. The third-order valence-corrected chi connectivity index (χ3v) is 6.45. The van der Waals surface area contributed by atoms with E-state index in [4.69, 9.17) is 4.74 Å². The van der Waals surface area contributed by atoms with Crippen LogP contribution in [0, 0.1) is 6.92 Å². The van der Waals surface area contributed by atoms with E-state index in [-0.39, 0.29) is 18.1 Å². The average Bonchev–Trinajstić information content (AvgIpc) is 3.18. The minimum absolute atomic E-state index is 0.0406. The number of aromatic nitrogens is 4. The Morgan fingerprint density at radius 2 is 2.07 bits per heavy atom. The number of hydrogen-bond donors (Lipinski definition) is 1. The summed E-state index contributed by atoms with van der Waals surface area (Å²) in [7, 11) is -1.93. The molecule has 1 N–H and O–H groups in total. The van der Waals surface area contributed by atoms with Crippen LogP contribution in [0.2, 0.25) is 0 Å². The van der Waals surface area contributed by atoms with E-state index in [0.717, 1.165) is 17.1 Å². The smallest absolute Gasteiger partial charge is 0.262 e. The zero-order valence-corrected chi connectivity index (χ0v) is 17.0. The Hall–Kier alpha value is -2.82. The van der Waals surface area contributed by atoms with Gasteiger partial charge >= 0.3 is 0 Å². The lowest BCUT2D eigenvalue weighted by Crippen LogP contribution is -2.42. The number of nitrogens with one attached hydrogen (secondary N) is 1. The number of anilines is 2. The van der Waals surface area contributed by atoms with E-state index in [1.54, 1.807) is 24.0 Å². The van der Waals surface area contributed by atoms with E-state index in [0.29, 0.717) is 12.3 Å². The number of nitrogens with zero attached hydrogens (tertiary/aromatic N) is 5. The van der Waals surface area contributed by atoms with Gasteiger partial charge in [0.25, 0.3) is 10.0 Å². The average molecular weight is 414 g/mol. The van der Waals surface area contributed by atoms with Crippen molar-refractivity contribution in [1.29, 1.82) is 0 Å². The Morgan fingerprint density at radius 3 is 2.76 bits per heavy atom. The van der Waals surface area contributed by atoms with Gasteiger partial charge in [-0.2, -0.15) is 4.31 Å². The predicted molar refractivity (Wildman–Crippen MR) is 107 cm³/mol. The molecule has 4 heterocycles. The molecule has 1 atom stereocenters. The van der Waals surface area contributed by atoms with Gasteiger partial charge in [-0.05, 0) is 30.7 Å². The normalized spacial score (nSPS) is 17.9. The highest BCUT2D eigenvalue weighted by molar-refractivity contribution is 7.89. The molecular formula is C19H22N6O3S. The van der Waals surface area contributed by atoms with Crippen LogP contribution in [0.25, 0.3) is 0 Å². The zero-order valence-electron chi connectivity index (χ0n) is 16.2. The second-order valence-corrected chi connectivity index (χ2v) is 8.75. The Kier molecular flexibility index (Phi) is 5.31. The molecule has 3 aromatic rings. The Labute approximate surface area is 169 Å². The molecule has 0 aliphatic carbocycles. The summed E-state index contributed by atoms with van der Waals surface area (Å²) in [6.07, 6.45) is 5.95. The maximum atomic E-state index is 12.8. The van der Waals surface area contributed by atoms with E-state index in [2.05, 4.69) is 20.3 Å². The molecule has 3 aromatic heterocycles. The van der Waals surface area contributed by atoms with Crippen LogP contribution in [0.3, 0.4) is 0 Å². The molecule has 0 aromatic carbocycles. The standard InChI is InChI=1S/C19H22N6O3S/c1-14-4-3-7-20-19(14)23-15-5-6-16(21-10-15)17-11-25(8-9-28-17)29(26,27)18-12-24(2)13-22-18/h3-7,10,12-13,17H,8-9,11H2,1-2H3,(H,20,23)/t17-/m1/s1. The summed E-state index contributed by atoms with van der Waals surface area (Å²) in [6, 6.07) is 7.57. The lowest BCUT2D eigenvalue weighted by molar-refractivity contribution is -0.00498. The molecule has 1 fully saturated rings. The van der Waals surface area contributed by atoms with E-state index >= 15 is 0 Å². The third-order valence-electron chi connectivity index (χ3n) is 4.70. The number of sulfonamides is 1. The highest BCUT2D eigenvalue weighted by Crippen LogP contribution is 2.26. The minimum atomic E-state index is -3.66. The van der Waals surface area contributed by atoms with Crippen molar-refractivity contribution in [2.75, 3.05) is 25.0 Å². The second kappa shape index (κ2) is 7.90. The summed E-state index contributed by atoms with van der Waals surface area (Å²) >= 11 is 0. The van der Waals surface area contributed by atoms with Crippen molar-refractivity contribution in [3.05, 3.63) is 60.4 Å². The lowest BCUT2D eigenvalue weighted by Gasteiger charge is -2.31. The molecule has 0 amide bonds. The number of rotatable bonds is 5. The molecule has 152 valence electrons. The van der Waals surface area contributed by atoms with Crippen molar-refractivity contribution in [2.24, 2.45) is 7.05 Å². The fourth-order valence-electron chi connectivity index (χ4n) is 3.10. The summed E-state index contributed by atoms with van der Waals surface area (Å²) < 4.78 is 34.4. The van der Waals surface area contributed by atoms with E-state index in [1.165, 1.54) is 16.8 Å². The Balaban J connectivity index is 1.48. The van der Waals surface area contributed by atoms with Gasteiger partial charge in [0.05, 0.1) is 30.5 Å². The van der Waals surface area contributed by atoms with E-state index in [9.17, 15) is 8.42 Å². The van der Waals surface area contributed by atoms with Crippen LogP contribution in [0.5, 0.6) is 0 Å². The van der Waals surface area contributed by atoms with Crippen LogP contribution >= 0.6 is 0 Å². The van der Waals surface area contributed by atoms with Crippen LogP contribution in [0.15, 0.2) is 54.2 Å². The van der Waals surface area contributed by atoms with Gasteiger partial charge in [-0.1, -0.05) is 6.07 Å². The van der Waals surface area contributed by atoms with Gasteiger partial charge in [0.2, 0.25) is 0 Å². The summed E-state index contributed by atoms with van der Waals surface area (Å²) in [5, 5.41) is 3.27. The molecule has 0 spiro atoms. The number of morpholine rings is 1. The number of pyridine rings is 2. The number of ether oxygens (including phenoxy) is 1. The Bertz CT molecular complexity index is 1100. The number of imidazole rings is 1. The van der Waals surface area contributed by atoms with Crippen molar-refractivity contribution >= 4 is 21.5 Å². The van der Waals surface area contributed by atoms with Gasteiger partial charge in [-0.25, -0.2) is 18.4 Å². The molecule has 29 heavy (non-hydrogen) atoms. The van der Waals surface area contributed by atoms with Gasteiger partial charge < -0.3 is 14.6 Å². The second-order valence-electron chi connectivity index (χ2n) is 6.87. The number of hydrogen-bond acceptors (Lipinski definition) is 7. The van der Waals surface area contributed by atoms with Crippen LogP contribution in [-0.4, -0.2) is 51.9 Å². The van der Waals surface area contributed by atoms with Crippen molar-refractivity contribution < 1.29 is 13.2 Å². The fraction of sp³-hybridized carbons (Fsp3) is 0.316. The van der Waals surface area contributed by atoms with Crippen molar-refractivity contribution in [3.8, 4) is 0 Å². The summed E-state index contributed by atoms with van der Waals surface area (Å²) in [4.78, 5) is 12.8. The molecule has 1 aliphatic rings. The molecule has 0 bridgehead atoms. The molecular weight excluding hydrogens is 392 g/mol.